The molecule has 2 unspecified atom stereocenters. The molecule has 4 nitrogen and oxygen atoms in total. The van der Waals surface area contributed by atoms with Crippen molar-refractivity contribution in [2.45, 2.75) is 59.0 Å². The van der Waals surface area contributed by atoms with Gasteiger partial charge >= 0.3 is 0 Å². The van der Waals surface area contributed by atoms with Crippen LogP contribution in [-0.4, -0.2) is 24.9 Å². The Morgan fingerprint density at radius 2 is 1.93 bits per heavy atom. The monoisotopic (exact) mass is 395 g/mol. The lowest BCUT2D eigenvalue weighted by molar-refractivity contribution is -0.155. The van der Waals surface area contributed by atoms with Gasteiger partial charge in [-0.1, -0.05) is 36.4 Å². The molecule has 0 fully saturated rings. The fraction of sp³-hybridized carbons (Fsp3) is 0.440. The molecule has 2 aromatic rings. The van der Waals surface area contributed by atoms with E-state index in [1.165, 1.54) is 11.1 Å². The molecule has 0 saturated heterocycles. The average molecular weight is 396 g/mol. The summed E-state index contributed by atoms with van der Waals surface area (Å²) in [5.74, 6) is 0.862. The summed E-state index contributed by atoms with van der Waals surface area (Å²) in [4.78, 5) is 0. The first-order valence-corrected chi connectivity index (χ1v) is 10.4. The number of hydrogen-bond donors (Lipinski definition) is 1. The molecule has 0 aliphatic carbocycles. The van der Waals surface area contributed by atoms with E-state index in [1.54, 1.807) is 0 Å². The van der Waals surface area contributed by atoms with Crippen LogP contribution in [0.3, 0.4) is 0 Å². The molecule has 2 aromatic carbocycles. The largest absolute Gasteiger partial charge is 0.485 e. The Morgan fingerprint density at radius 1 is 1.14 bits per heavy atom. The second kappa shape index (κ2) is 9.47. The van der Waals surface area contributed by atoms with E-state index in [0.29, 0.717) is 13.2 Å². The zero-order chi connectivity index (χ0) is 20.9. The molecule has 1 heterocycles. The molecule has 29 heavy (non-hydrogen) atoms. The van der Waals surface area contributed by atoms with Gasteiger partial charge in [-0.15, -0.1) is 0 Å². The Balaban J connectivity index is 1.85. The Bertz CT molecular complexity index is 844. The van der Waals surface area contributed by atoms with Crippen LogP contribution in [0.25, 0.3) is 0 Å². The van der Waals surface area contributed by atoms with Crippen LogP contribution in [0.4, 0.5) is 5.69 Å². The van der Waals surface area contributed by atoms with Crippen LogP contribution < -0.4 is 10.1 Å². The first kappa shape index (κ1) is 21.4. The molecule has 1 aliphatic rings. The van der Waals surface area contributed by atoms with Gasteiger partial charge in [0, 0.05) is 24.4 Å². The highest BCUT2D eigenvalue weighted by Crippen LogP contribution is 2.44. The summed E-state index contributed by atoms with van der Waals surface area (Å²) in [5.41, 5.74) is 4.17. The van der Waals surface area contributed by atoms with Crippen molar-refractivity contribution in [3.8, 4) is 5.75 Å². The zero-order valence-electron chi connectivity index (χ0n) is 18.2. The minimum atomic E-state index is -0.482. The van der Waals surface area contributed by atoms with Crippen molar-refractivity contribution in [3.05, 3.63) is 71.3 Å². The number of anilines is 1. The lowest BCUT2D eigenvalue weighted by atomic mass is 9.88. The fourth-order valence-electron chi connectivity index (χ4n) is 3.75. The van der Waals surface area contributed by atoms with Gasteiger partial charge in [-0.2, -0.15) is 0 Å². The molecule has 3 rings (SSSR count). The third-order valence-electron chi connectivity index (χ3n) is 5.35. The smallest absolute Gasteiger partial charge is 0.132 e. The first-order chi connectivity index (χ1) is 14.0. The van der Waals surface area contributed by atoms with E-state index >= 15 is 0 Å². The highest BCUT2D eigenvalue weighted by Gasteiger charge is 2.45. The average Bonchev–Trinajstić information content (AvgIpc) is 2.69. The van der Waals surface area contributed by atoms with Gasteiger partial charge in [-0.05, 0) is 63.9 Å². The third kappa shape index (κ3) is 5.01. The molecule has 156 valence electrons. The van der Waals surface area contributed by atoms with Gasteiger partial charge in [-0.25, -0.2) is 0 Å². The standard InChI is InChI=1S/C25H33NO3/c1-6-8-15-28-24-23(27-7-2)21-16-20(13-14-22(21)29-25(24,4)5)26-17-19-12-10-9-11-18(19)3/h6,8-14,16,23-24,26H,7,15,17H2,1-5H3. The van der Waals surface area contributed by atoms with Crippen molar-refractivity contribution in [2.24, 2.45) is 0 Å². The predicted octanol–water partition coefficient (Wildman–Crippen LogP) is 5.82. The van der Waals surface area contributed by atoms with Crippen molar-refractivity contribution < 1.29 is 14.2 Å². The molecule has 4 heteroatoms. The van der Waals surface area contributed by atoms with Gasteiger partial charge < -0.3 is 19.5 Å². The second-order valence-electron chi connectivity index (χ2n) is 7.94. The van der Waals surface area contributed by atoms with E-state index in [0.717, 1.165) is 23.5 Å². The summed E-state index contributed by atoms with van der Waals surface area (Å²) in [6, 6.07) is 14.7. The van der Waals surface area contributed by atoms with Gasteiger partial charge in [0.2, 0.25) is 0 Å². The Kier molecular flexibility index (Phi) is 6.99. The summed E-state index contributed by atoms with van der Waals surface area (Å²) in [6.45, 7) is 12.2. The summed E-state index contributed by atoms with van der Waals surface area (Å²) >= 11 is 0. The van der Waals surface area contributed by atoms with Crippen LogP contribution in [0.1, 0.15) is 50.5 Å². The van der Waals surface area contributed by atoms with E-state index in [-0.39, 0.29) is 12.2 Å². The predicted molar refractivity (Wildman–Crippen MR) is 119 cm³/mol. The minimum absolute atomic E-state index is 0.177. The van der Waals surface area contributed by atoms with Crippen molar-refractivity contribution >= 4 is 5.69 Å². The summed E-state index contributed by atoms with van der Waals surface area (Å²) in [6.07, 6.45) is 3.63. The van der Waals surface area contributed by atoms with Crippen molar-refractivity contribution in [2.75, 3.05) is 18.5 Å². The van der Waals surface area contributed by atoms with E-state index in [2.05, 4.69) is 62.5 Å². The molecule has 2 atom stereocenters. The number of rotatable bonds is 8. The third-order valence-corrected chi connectivity index (χ3v) is 5.35. The number of benzene rings is 2. The van der Waals surface area contributed by atoms with Crippen LogP contribution >= 0.6 is 0 Å². The fourth-order valence-corrected chi connectivity index (χ4v) is 3.75. The molecule has 0 spiro atoms. The highest BCUT2D eigenvalue weighted by molar-refractivity contribution is 5.54. The maximum absolute atomic E-state index is 6.32. The lowest BCUT2D eigenvalue weighted by Gasteiger charge is -2.44. The van der Waals surface area contributed by atoms with E-state index in [4.69, 9.17) is 14.2 Å². The maximum Gasteiger partial charge on any atom is 0.132 e. The van der Waals surface area contributed by atoms with Crippen molar-refractivity contribution in [3.63, 3.8) is 0 Å². The molecule has 0 radical (unpaired) electrons. The molecule has 0 bridgehead atoms. The van der Waals surface area contributed by atoms with E-state index < -0.39 is 5.60 Å². The number of aryl methyl sites for hydroxylation is 1. The highest BCUT2D eigenvalue weighted by atomic mass is 16.6. The SMILES string of the molecule is CC=CCOC1C(OCC)c2cc(NCc3ccccc3C)ccc2OC1(C)C. The van der Waals surface area contributed by atoms with Crippen LogP contribution in [0, 0.1) is 6.92 Å². The number of ether oxygens (including phenoxy) is 3. The van der Waals surface area contributed by atoms with Crippen LogP contribution in [0.15, 0.2) is 54.6 Å². The van der Waals surface area contributed by atoms with Crippen molar-refractivity contribution in [1.82, 2.24) is 0 Å². The molecule has 0 amide bonds. The van der Waals surface area contributed by atoms with Gasteiger partial charge in [0.25, 0.3) is 0 Å². The minimum Gasteiger partial charge on any atom is -0.485 e. The van der Waals surface area contributed by atoms with Gasteiger partial charge in [0.15, 0.2) is 0 Å². The number of hydrogen-bond acceptors (Lipinski definition) is 4. The molecule has 1 aliphatic heterocycles. The van der Waals surface area contributed by atoms with Gasteiger partial charge in [0.05, 0.1) is 6.61 Å². The zero-order valence-corrected chi connectivity index (χ0v) is 18.2. The van der Waals surface area contributed by atoms with Gasteiger partial charge in [-0.3, -0.25) is 0 Å². The Morgan fingerprint density at radius 3 is 2.66 bits per heavy atom. The number of allylic oxidation sites excluding steroid dienone is 1. The van der Waals surface area contributed by atoms with Crippen LogP contribution in [0.5, 0.6) is 5.75 Å². The quantitative estimate of drug-likeness (QED) is 0.572. The van der Waals surface area contributed by atoms with Crippen molar-refractivity contribution in [1.29, 1.82) is 0 Å². The number of nitrogens with one attached hydrogen (secondary N) is 1. The summed E-state index contributed by atoms with van der Waals surface area (Å²) in [7, 11) is 0. The molecule has 0 saturated carbocycles. The molecule has 0 aromatic heterocycles. The molecular formula is C25H33NO3. The van der Waals surface area contributed by atoms with E-state index in [1.807, 2.05) is 32.1 Å². The van der Waals surface area contributed by atoms with E-state index in [9.17, 15) is 0 Å². The topological polar surface area (TPSA) is 39.7 Å². The first-order valence-electron chi connectivity index (χ1n) is 10.4. The summed E-state index contributed by atoms with van der Waals surface area (Å²) < 4.78 is 18.7. The normalized spacial score (nSPS) is 20.3. The lowest BCUT2D eigenvalue weighted by Crippen LogP contribution is -2.51. The Labute approximate surface area is 174 Å². The molecule has 1 N–H and O–H groups in total. The Hall–Kier alpha value is -2.30. The van der Waals surface area contributed by atoms with Gasteiger partial charge in [0.1, 0.15) is 23.6 Å². The second-order valence-corrected chi connectivity index (χ2v) is 7.94. The molecular weight excluding hydrogens is 362 g/mol. The number of fused-ring (bicyclic) bond motifs is 1. The van der Waals surface area contributed by atoms with Crippen LogP contribution in [0.2, 0.25) is 0 Å². The summed E-state index contributed by atoms with van der Waals surface area (Å²) in [5, 5.41) is 3.54. The van der Waals surface area contributed by atoms with Crippen LogP contribution in [-0.2, 0) is 16.0 Å². The maximum atomic E-state index is 6.32.